The van der Waals surface area contributed by atoms with Gasteiger partial charge in [0.2, 0.25) is 0 Å². The zero-order valence-corrected chi connectivity index (χ0v) is 17.3. The van der Waals surface area contributed by atoms with E-state index in [0.29, 0.717) is 29.3 Å². The number of carbonyl (C=O) groups is 1. The van der Waals surface area contributed by atoms with Gasteiger partial charge in [0.1, 0.15) is 16.8 Å². The van der Waals surface area contributed by atoms with E-state index in [1.807, 2.05) is 6.07 Å². The summed E-state index contributed by atoms with van der Waals surface area (Å²) in [5.74, 6) is 1.80. The highest BCUT2D eigenvalue weighted by molar-refractivity contribution is 6.32. The molecule has 1 aromatic carbocycles. The Labute approximate surface area is 173 Å². The quantitative estimate of drug-likeness (QED) is 0.595. The number of carbonyl (C=O) groups excluding carboxylic acids is 1. The topological polar surface area (TPSA) is 63.9 Å². The fourth-order valence-electron chi connectivity index (χ4n) is 3.90. The lowest BCUT2D eigenvalue weighted by Crippen LogP contribution is -2.36. The second-order valence-corrected chi connectivity index (χ2v) is 8.13. The van der Waals surface area contributed by atoms with Crippen LogP contribution in [-0.4, -0.2) is 50.1 Å². The largest absolute Gasteiger partial charge is 0.299 e. The van der Waals surface area contributed by atoms with Gasteiger partial charge in [0, 0.05) is 16.5 Å². The number of aromatic nitrogens is 4. The third-order valence-electron chi connectivity index (χ3n) is 5.17. The highest BCUT2D eigenvalue weighted by atomic mass is 35.5. The van der Waals surface area contributed by atoms with E-state index >= 15 is 0 Å². The molecular formula is C20H21Cl2N5O. The molecule has 2 aromatic heterocycles. The highest BCUT2D eigenvalue weighted by Crippen LogP contribution is 2.36. The number of benzene rings is 1. The average Bonchev–Trinajstić information content (AvgIpc) is 3.03. The molecule has 0 spiro atoms. The number of hydrogen-bond acceptors (Lipinski definition) is 5. The Morgan fingerprint density at radius 2 is 1.93 bits per heavy atom. The van der Waals surface area contributed by atoms with E-state index in [0.717, 1.165) is 47.4 Å². The molecule has 1 fully saturated rings. The van der Waals surface area contributed by atoms with Gasteiger partial charge < -0.3 is 0 Å². The van der Waals surface area contributed by atoms with E-state index < -0.39 is 0 Å². The van der Waals surface area contributed by atoms with Gasteiger partial charge in [-0.25, -0.2) is 14.6 Å². The standard InChI is InChI=1S/C20H21Cl2N5O/c1-12(28)11-26-5-3-14(4-6-26)16-8-18-15(7-17(16)21)10-23-27(18)20-9-19(22)24-13(2)25-20/h7-10,14H,3-6,11H2,1-2H3. The molecule has 3 heterocycles. The van der Waals surface area contributed by atoms with Crippen molar-refractivity contribution in [1.82, 2.24) is 24.6 Å². The minimum absolute atomic E-state index is 0.209. The van der Waals surface area contributed by atoms with Gasteiger partial charge in [-0.05, 0) is 63.4 Å². The summed E-state index contributed by atoms with van der Waals surface area (Å²) in [5, 5.41) is 6.58. The molecule has 0 aliphatic carbocycles. The highest BCUT2D eigenvalue weighted by Gasteiger charge is 2.24. The number of Topliss-reactive ketones (excluding diaryl/α,β-unsaturated/α-hetero) is 1. The molecule has 1 aliphatic heterocycles. The van der Waals surface area contributed by atoms with Crippen LogP contribution in [0.4, 0.5) is 0 Å². The number of piperidine rings is 1. The first-order chi connectivity index (χ1) is 13.4. The first-order valence-corrected chi connectivity index (χ1v) is 10.1. The fraction of sp³-hybridized carbons (Fsp3) is 0.400. The molecule has 0 unspecified atom stereocenters. The Balaban J connectivity index is 1.67. The van der Waals surface area contributed by atoms with Crippen LogP contribution in [0, 0.1) is 6.92 Å². The Morgan fingerprint density at radius 1 is 1.18 bits per heavy atom. The van der Waals surface area contributed by atoms with Crippen LogP contribution in [-0.2, 0) is 4.79 Å². The third-order valence-corrected chi connectivity index (χ3v) is 5.69. The van der Waals surface area contributed by atoms with Gasteiger partial charge in [-0.1, -0.05) is 23.2 Å². The molecule has 28 heavy (non-hydrogen) atoms. The monoisotopic (exact) mass is 417 g/mol. The Bertz CT molecular complexity index is 1020. The molecule has 1 aliphatic rings. The lowest BCUT2D eigenvalue weighted by molar-refractivity contribution is -0.118. The summed E-state index contributed by atoms with van der Waals surface area (Å²) in [6.07, 6.45) is 3.74. The van der Waals surface area contributed by atoms with Gasteiger partial charge >= 0.3 is 0 Å². The predicted molar refractivity (Wildman–Crippen MR) is 111 cm³/mol. The molecule has 146 valence electrons. The summed E-state index contributed by atoms with van der Waals surface area (Å²) < 4.78 is 1.78. The van der Waals surface area contributed by atoms with Crippen molar-refractivity contribution in [3.63, 3.8) is 0 Å². The zero-order valence-electron chi connectivity index (χ0n) is 15.8. The molecule has 0 radical (unpaired) electrons. The maximum absolute atomic E-state index is 11.4. The van der Waals surface area contributed by atoms with Crippen LogP contribution in [0.15, 0.2) is 24.4 Å². The Hall–Kier alpha value is -2.02. The van der Waals surface area contributed by atoms with E-state index in [1.165, 1.54) is 0 Å². The summed E-state index contributed by atoms with van der Waals surface area (Å²) in [6.45, 7) is 5.77. The molecule has 0 saturated carbocycles. The molecule has 0 bridgehead atoms. The minimum Gasteiger partial charge on any atom is -0.299 e. The van der Waals surface area contributed by atoms with E-state index in [9.17, 15) is 4.79 Å². The Morgan fingerprint density at radius 3 is 2.61 bits per heavy atom. The number of fused-ring (bicyclic) bond motifs is 1. The molecule has 0 amide bonds. The Kier molecular flexibility index (Phi) is 5.36. The fourth-order valence-corrected chi connectivity index (χ4v) is 4.45. The second-order valence-electron chi connectivity index (χ2n) is 7.34. The molecule has 8 heteroatoms. The van der Waals surface area contributed by atoms with Crippen molar-refractivity contribution in [3.05, 3.63) is 46.0 Å². The van der Waals surface area contributed by atoms with Crippen LogP contribution >= 0.6 is 23.2 Å². The number of nitrogens with zero attached hydrogens (tertiary/aromatic N) is 5. The summed E-state index contributed by atoms with van der Waals surface area (Å²) in [7, 11) is 0. The number of rotatable bonds is 4. The van der Waals surface area contributed by atoms with Crippen molar-refractivity contribution in [2.24, 2.45) is 0 Å². The molecule has 0 atom stereocenters. The SMILES string of the molecule is CC(=O)CN1CCC(c2cc3c(cnn3-c3cc(Cl)nc(C)n3)cc2Cl)CC1. The van der Waals surface area contributed by atoms with E-state index in [2.05, 4.69) is 26.0 Å². The van der Waals surface area contributed by atoms with Crippen LogP contribution in [0.2, 0.25) is 10.2 Å². The molecule has 1 saturated heterocycles. The lowest BCUT2D eigenvalue weighted by atomic mass is 9.89. The van der Waals surface area contributed by atoms with Crippen LogP contribution < -0.4 is 0 Å². The summed E-state index contributed by atoms with van der Waals surface area (Å²) in [4.78, 5) is 22.2. The number of likely N-dealkylation sites (tertiary alicyclic amines) is 1. The number of aryl methyl sites for hydroxylation is 1. The van der Waals surface area contributed by atoms with Gasteiger partial charge in [0.15, 0.2) is 5.82 Å². The van der Waals surface area contributed by atoms with Crippen molar-refractivity contribution in [3.8, 4) is 5.82 Å². The van der Waals surface area contributed by atoms with Crippen LogP contribution in [0.25, 0.3) is 16.7 Å². The normalized spacial score (nSPS) is 16.0. The second kappa shape index (κ2) is 7.78. The van der Waals surface area contributed by atoms with E-state index in [-0.39, 0.29) is 5.78 Å². The molecule has 0 N–H and O–H groups in total. The molecule has 3 aromatic rings. The molecule has 4 rings (SSSR count). The van der Waals surface area contributed by atoms with E-state index in [4.69, 9.17) is 23.2 Å². The maximum Gasteiger partial charge on any atom is 0.159 e. The maximum atomic E-state index is 11.4. The first kappa shape index (κ1) is 19.3. The van der Waals surface area contributed by atoms with Gasteiger partial charge in [-0.2, -0.15) is 5.10 Å². The average molecular weight is 418 g/mol. The van der Waals surface area contributed by atoms with Crippen molar-refractivity contribution >= 4 is 39.9 Å². The van der Waals surface area contributed by atoms with Crippen LogP contribution in [0.5, 0.6) is 0 Å². The summed E-state index contributed by atoms with van der Waals surface area (Å²) in [6, 6.07) is 5.78. The van der Waals surface area contributed by atoms with Crippen LogP contribution in [0.1, 0.15) is 37.1 Å². The summed E-state index contributed by atoms with van der Waals surface area (Å²) >= 11 is 12.7. The van der Waals surface area contributed by atoms with Crippen molar-refractivity contribution < 1.29 is 4.79 Å². The minimum atomic E-state index is 0.209. The molecule has 6 nitrogen and oxygen atoms in total. The smallest absolute Gasteiger partial charge is 0.159 e. The van der Waals surface area contributed by atoms with Gasteiger partial charge in [-0.3, -0.25) is 9.69 Å². The van der Waals surface area contributed by atoms with Crippen molar-refractivity contribution in [2.45, 2.75) is 32.6 Å². The van der Waals surface area contributed by atoms with Crippen molar-refractivity contribution in [1.29, 1.82) is 0 Å². The van der Waals surface area contributed by atoms with Gasteiger partial charge in [-0.15, -0.1) is 0 Å². The number of ketones is 1. The number of halogens is 2. The third kappa shape index (κ3) is 3.90. The lowest BCUT2D eigenvalue weighted by Gasteiger charge is -2.31. The molecular weight excluding hydrogens is 397 g/mol. The van der Waals surface area contributed by atoms with Crippen LogP contribution in [0.3, 0.4) is 0 Å². The van der Waals surface area contributed by atoms with Gasteiger partial charge in [0.05, 0.1) is 18.3 Å². The van der Waals surface area contributed by atoms with Crippen molar-refractivity contribution in [2.75, 3.05) is 19.6 Å². The zero-order chi connectivity index (χ0) is 19.8. The predicted octanol–water partition coefficient (Wildman–Crippen LogP) is 4.20. The van der Waals surface area contributed by atoms with Gasteiger partial charge in [0.25, 0.3) is 0 Å². The summed E-state index contributed by atoms with van der Waals surface area (Å²) in [5.41, 5.74) is 2.06. The first-order valence-electron chi connectivity index (χ1n) is 9.31. The van der Waals surface area contributed by atoms with E-state index in [1.54, 1.807) is 30.8 Å². The number of hydrogen-bond donors (Lipinski definition) is 0.